The third kappa shape index (κ3) is 3.14. The molecule has 1 aliphatic rings. The summed E-state index contributed by atoms with van der Waals surface area (Å²) in [5, 5.41) is 18.6. The van der Waals surface area contributed by atoms with E-state index in [1.54, 1.807) is 0 Å². The number of Topliss-reactive ketones (excluding diaryl/α,β-unsaturated/α-hetero) is 1. The van der Waals surface area contributed by atoms with Crippen LogP contribution in [-0.4, -0.2) is 71.2 Å². The molecule has 1 aromatic rings. The maximum Gasteiger partial charge on any atom is 0.356 e. The van der Waals surface area contributed by atoms with Gasteiger partial charge in [0.1, 0.15) is 4.88 Å². The number of thiazole rings is 1. The van der Waals surface area contributed by atoms with Gasteiger partial charge in [0.15, 0.2) is 16.6 Å². The molecule has 0 amide bonds. The molecule has 1 aliphatic heterocycles. The fourth-order valence-electron chi connectivity index (χ4n) is 2.13. The van der Waals surface area contributed by atoms with Crippen LogP contribution in [0.3, 0.4) is 0 Å². The monoisotopic (exact) mass is 299 g/mol. The Kier molecular flexibility index (Phi) is 4.69. The first-order chi connectivity index (χ1) is 9.52. The molecule has 110 valence electrons. The summed E-state index contributed by atoms with van der Waals surface area (Å²) in [6.45, 7) is 5.13. The number of piperazine rings is 1. The van der Waals surface area contributed by atoms with Crippen molar-refractivity contribution in [1.82, 2.24) is 9.88 Å². The van der Waals surface area contributed by atoms with Crippen molar-refractivity contribution >= 4 is 28.2 Å². The van der Waals surface area contributed by atoms with E-state index in [1.807, 2.05) is 4.90 Å². The molecular weight excluding hydrogens is 282 g/mol. The number of aromatic carboxylic acids is 1. The van der Waals surface area contributed by atoms with Gasteiger partial charge in [-0.1, -0.05) is 11.3 Å². The molecule has 0 saturated carbocycles. The lowest BCUT2D eigenvalue weighted by Gasteiger charge is -2.34. The van der Waals surface area contributed by atoms with E-state index < -0.39 is 5.97 Å². The molecule has 2 rings (SSSR count). The Labute approximate surface area is 120 Å². The van der Waals surface area contributed by atoms with Crippen LogP contribution in [0.5, 0.6) is 0 Å². The average molecular weight is 299 g/mol. The molecule has 1 saturated heterocycles. The van der Waals surface area contributed by atoms with E-state index in [0.29, 0.717) is 24.8 Å². The van der Waals surface area contributed by atoms with Gasteiger partial charge in [-0.3, -0.25) is 9.69 Å². The van der Waals surface area contributed by atoms with E-state index in [-0.39, 0.29) is 23.0 Å². The van der Waals surface area contributed by atoms with E-state index in [4.69, 9.17) is 10.2 Å². The normalized spacial score (nSPS) is 16.4. The van der Waals surface area contributed by atoms with Crippen molar-refractivity contribution in [1.29, 1.82) is 0 Å². The van der Waals surface area contributed by atoms with Crippen molar-refractivity contribution < 1.29 is 19.8 Å². The molecule has 0 aliphatic carbocycles. The first-order valence-electron chi connectivity index (χ1n) is 6.36. The van der Waals surface area contributed by atoms with Crippen LogP contribution in [0.1, 0.15) is 27.1 Å². The molecule has 2 N–H and O–H groups in total. The van der Waals surface area contributed by atoms with E-state index in [0.717, 1.165) is 24.4 Å². The Morgan fingerprint density at radius 2 is 1.95 bits per heavy atom. The van der Waals surface area contributed by atoms with Gasteiger partial charge in [-0.05, 0) is 0 Å². The van der Waals surface area contributed by atoms with Crippen LogP contribution < -0.4 is 4.90 Å². The molecule has 20 heavy (non-hydrogen) atoms. The van der Waals surface area contributed by atoms with Crippen molar-refractivity contribution in [2.75, 3.05) is 44.2 Å². The van der Waals surface area contributed by atoms with Gasteiger partial charge < -0.3 is 15.1 Å². The predicted octanol–water partition coefficient (Wildman–Crippen LogP) is 0.158. The van der Waals surface area contributed by atoms with E-state index in [2.05, 4.69) is 9.88 Å². The highest BCUT2D eigenvalue weighted by atomic mass is 32.1. The smallest absolute Gasteiger partial charge is 0.356 e. The van der Waals surface area contributed by atoms with Crippen LogP contribution in [-0.2, 0) is 0 Å². The maximum absolute atomic E-state index is 11.5. The maximum atomic E-state index is 11.5. The Morgan fingerprint density at radius 1 is 1.30 bits per heavy atom. The number of carboxylic acids is 1. The Hall–Kier alpha value is -1.51. The van der Waals surface area contributed by atoms with E-state index in [1.165, 1.54) is 6.92 Å². The third-order valence-corrected chi connectivity index (χ3v) is 4.41. The van der Waals surface area contributed by atoms with Gasteiger partial charge in [0.2, 0.25) is 0 Å². The summed E-state index contributed by atoms with van der Waals surface area (Å²) in [7, 11) is 0. The van der Waals surface area contributed by atoms with Gasteiger partial charge in [-0.15, -0.1) is 0 Å². The standard InChI is InChI=1S/C12H17N3O4S/c1-8(17)10-9(11(18)19)13-12(20-10)15-4-2-14(3-5-15)6-7-16/h16H,2-7H2,1H3,(H,18,19). The predicted molar refractivity (Wildman–Crippen MR) is 74.8 cm³/mol. The summed E-state index contributed by atoms with van der Waals surface area (Å²) in [5.41, 5.74) is -0.157. The number of carboxylic acid groups (broad SMARTS) is 1. The molecule has 0 bridgehead atoms. The van der Waals surface area contributed by atoms with E-state index in [9.17, 15) is 9.59 Å². The van der Waals surface area contributed by atoms with Gasteiger partial charge in [0, 0.05) is 39.6 Å². The van der Waals surface area contributed by atoms with Crippen molar-refractivity contribution in [3.05, 3.63) is 10.6 Å². The molecule has 0 atom stereocenters. The molecule has 8 heteroatoms. The molecule has 1 aromatic heterocycles. The zero-order valence-corrected chi connectivity index (χ0v) is 12.0. The zero-order chi connectivity index (χ0) is 14.7. The highest BCUT2D eigenvalue weighted by molar-refractivity contribution is 7.17. The van der Waals surface area contributed by atoms with Crippen LogP contribution in [0.25, 0.3) is 0 Å². The molecular formula is C12H17N3O4S. The quantitative estimate of drug-likeness (QED) is 0.748. The summed E-state index contributed by atoms with van der Waals surface area (Å²) in [5.74, 6) is -1.44. The molecule has 1 fully saturated rings. The van der Waals surface area contributed by atoms with Gasteiger partial charge in [-0.25, -0.2) is 9.78 Å². The lowest BCUT2D eigenvalue weighted by Crippen LogP contribution is -2.47. The number of hydrogen-bond donors (Lipinski definition) is 2. The summed E-state index contributed by atoms with van der Waals surface area (Å²) >= 11 is 1.13. The first-order valence-corrected chi connectivity index (χ1v) is 7.17. The van der Waals surface area contributed by atoms with Gasteiger partial charge in [0.05, 0.1) is 6.61 Å². The number of hydrogen-bond acceptors (Lipinski definition) is 7. The number of aliphatic hydroxyl groups is 1. The SMILES string of the molecule is CC(=O)c1sc(N2CCN(CCO)CC2)nc1C(=O)O. The summed E-state index contributed by atoms with van der Waals surface area (Å²) in [6, 6.07) is 0. The number of carbonyl (C=O) groups is 2. The second kappa shape index (κ2) is 6.29. The van der Waals surface area contributed by atoms with Gasteiger partial charge >= 0.3 is 5.97 Å². The van der Waals surface area contributed by atoms with Gasteiger partial charge in [0.25, 0.3) is 0 Å². The van der Waals surface area contributed by atoms with Crippen molar-refractivity contribution in [3.8, 4) is 0 Å². The number of rotatable bonds is 5. The highest BCUT2D eigenvalue weighted by Crippen LogP contribution is 2.27. The summed E-state index contributed by atoms with van der Waals surface area (Å²) in [4.78, 5) is 31.0. The number of carbonyl (C=O) groups excluding carboxylic acids is 1. The van der Waals surface area contributed by atoms with Crippen molar-refractivity contribution in [3.63, 3.8) is 0 Å². The molecule has 0 unspecified atom stereocenters. The minimum Gasteiger partial charge on any atom is -0.476 e. The van der Waals surface area contributed by atoms with Crippen LogP contribution in [0, 0.1) is 0 Å². The summed E-state index contributed by atoms with van der Waals surface area (Å²) in [6.07, 6.45) is 0. The van der Waals surface area contributed by atoms with Gasteiger partial charge in [-0.2, -0.15) is 0 Å². The zero-order valence-electron chi connectivity index (χ0n) is 11.2. The number of anilines is 1. The second-order valence-electron chi connectivity index (χ2n) is 4.59. The minimum atomic E-state index is -1.17. The molecule has 7 nitrogen and oxygen atoms in total. The molecule has 2 heterocycles. The molecule has 0 radical (unpaired) electrons. The van der Waals surface area contributed by atoms with Crippen molar-refractivity contribution in [2.24, 2.45) is 0 Å². The number of β-amino-alcohol motifs (C(OH)–C–C–N with tert-alkyl or cyclic N) is 1. The largest absolute Gasteiger partial charge is 0.476 e. The van der Waals surface area contributed by atoms with Crippen LogP contribution in [0.2, 0.25) is 0 Å². The molecule has 0 spiro atoms. The van der Waals surface area contributed by atoms with E-state index >= 15 is 0 Å². The Bertz CT molecular complexity index is 477. The lowest BCUT2D eigenvalue weighted by molar-refractivity contribution is 0.0687. The number of ketones is 1. The highest BCUT2D eigenvalue weighted by Gasteiger charge is 2.25. The second-order valence-corrected chi connectivity index (χ2v) is 5.57. The number of aliphatic hydroxyl groups excluding tert-OH is 1. The summed E-state index contributed by atoms with van der Waals surface area (Å²) < 4.78 is 0. The first kappa shape index (κ1) is 14.9. The minimum absolute atomic E-state index is 0.134. The average Bonchev–Trinajstić information content (AvgIpc) is 2.85. The fourth-order valence-corrected chi connectivity index (χ4v) is 3.14. The Balaban J connectivity index is 2.12. The van der Waals surface area contributed by atoms with Crippen molar-refractivity contribution in [2.45, 2.75) is 6.92 Å². The topological polar surface area (TPSA) is 94.0 Å². The van der Waals surface area contributed by atoms with Crippen LogP contribution in [0.15, 0.2) is 0 Å². The van der Waals surface area contributed by atoms with Crippen LogP contribution in [0.4, 0.5) is 5.13 Å². The lowest BCUT2D eigenvalue weighted by atomic mass is 10.3. The van der Waals surface area contributed by atoms with Crippen LogP contribution >= 0.6 is 11.3 Å². The Morgan fingerprint density at radius 3 is 2.40 bits per heavy atom. The number of aromatic nitrogens is 1. The fraction of sp³-hybridized carbons (Fsp3) is 0.583. The molecule has 0 aromatic carbocycles. The number of nitrogens with zero attached hydrogens (tertiary/aromatic N) is 3. The third-order valence-electron chi connectivity index (χ3n) is 3.20.